The summed E-state index contributed by atoms with van der Waals surface area (Å²) in [6, 6.07) is 1.71. The Bertz CT molecular complexity index is 352. The number of rotatable bonds is 1. The Hall–Kier alpha value is -0.580. The summed E-state index contributed by atoms with van der Waals surface area (Å²) in [5.41, 5.74) is 0. The molecule has 3 nitrogen and oxygen atoms in total. The van der Waals surface area contributed by atoms with Crippen LogP contribution in [0.4, 0.5) is 0 Å². The number of likely N-dealkylation sites (tertiary alicyclic amines) is 1. The van der Waals surface area contributed by atoms with Crippen molar-refractivity contribution < 1.29 is 9.90 Å². The van der Waals surface area contributed by atoms with Crippen LogP contribution in [-0.2, 0) is 0 Å². The second-order valence-corrected chi connectivity index (χ2v) is 4.61. The predicted molar refractivity (Wildman–Crippen MR) is 55.9 cm³/mol. The molecule has 1 N–H and O–H groups in total. The van der Waals surface area contributed by atoms with Crippen molar-refractivity contribution in [3.8, 4) is 0 Å². The third-order valence-corrected chi connectivity index (χ3v) is 3.59. The van der Waals surface area contributed by atoms with Crippen LogP contribution in [0.1, 0.15) is 16.1 Å². The summed E-state index contributed by atoms with van der Waals surface area (Å²) in [5.74, 6) is -0.0680. The highest BCUT2D eigenvalue weighted by atomic mass is 35.5. The summed E-state index contributed by atoms with van der Waals surface area (Å²) >= 11 is 7.19. The first-order valence-corrected chi connectivity index (χ1v) is 5.64. The van der Waals surface area contributed by atoms with Crippen molar-refractivity contribution in [2.24, 2.45) is 0 Å². The van der Waals surface area contributed by atoms with Gasteiger partial charge in [0.05, 0.1) is 11.1 Å². The summed E-state index contributed by atoms with van der Waals surface area (Å²) in [6.07, 6.45) is 0.284. The number of hydrogen-bond acceptors (Lipinski definition) is 3. The van der Waals surface area contributed by atoms with Gasteiger partial charge in [0.25, 0.3) is 5.91 Å². The molecule has 1 atom stereocenters. The van der Waals surface area contributed by atoms with E-state index in [0.717, 1.165) is 0 Å². The minimum absolute atomic E-state index is 0.0680. The summed E-state index contributed by atoms with van der Waals surface area (Å²) < 4.78 is 0. The first-order chi connectivity index (χ1) is 6.68. The molecule has 2 rings (SSSR count). The van der Waals surface area contributed by atoms with Crippen LogP contribution in [0.5, 0.6) is 0 Å². The van der Waals surface area contributed by atoms with Crippen LogP contribution in [0.25, 0.3) is 0 Å². The van der Waals surface area contributed by atoms with Gasteiger partial charge in [-0.1, -0.05) is 11.6 Å². The van der Waals surface area contributed by atoms with Gasteiger partial charge in [-0.25, -0.2) is 0 Å². The molecule has 1 aliphatic heterocycles. The number of halogens is 1. The van der Waals surface area contributed by atoms with Gasteiger partial charge in [0.2, 0.25) is 0 Å². The van der Waals surface area contributed by atoms with E-state index < -0.39 is 0 Å². The number of thiophene rings is 1. The van der Waals surface area contributed by atoms with E-state index in [4.69, 9.17) is 11.6 Å². The number of amides is 1. The number of hydrogen-bond donors (Lipinski definition) is 1. The zero-order valence-electron chi connectivity index (χ0n) is 7.44. The van der Waals surface area contributed by atoms with Gasteiger partial charge in [-0.2, -0.15) is 0 Å². The van der Waals surface area contributed by atoms with Gasteiger partial charge in [-0.15, -0.1) is 11.3 Å². The molecule has 1 aromatic heterocycles. The highest BCUT2D eigenvalue weighted by Crippen LogP contribution is 2.25. The number of aliphatic hydroxyl groups is 1. The number of β-amino-alcohol motifs (C(OH)–C–C–N with tert-alkyl or cyclic N) is 1. The average molecular weight is 232 g/mol. The maximum atomic E-state index is 11.8. The lowest BCUT2D eigenvalue weighted by Gasteiger charge is -2.14. The Kier molecular flexibility index (Phi) is 2.76. The van der Waals surface area contributed by atoms with Gasteiger partial charge in [0.1, 0.15) is 4.88 Å². The third kappa shape index (κ3) is 1.78. The van der Waals surface area contributed by atoms with Crippen molar-refractivity contribution in [1.82, 2.24) is 4.90 Å². The lowest BCUT2D eigenvalue weighted by Crippen LogP contribution is -2.29. The van der Waals surface area contributed by atoms with E-state index in [2.05, 4.69) is 0 Å². The average Bonchev–Trinajstić information content (AvgIpc) is 2.73. The van der Waals surface area contributed by atoms with Crippen LogP contribution in [0.2, 0.25) is 5.02 Å². The first kappa shape index (κ1) is 9.96. The van der Waals surface area contributed by atoms with Crippen molar-refractivity contribution in [3.05, 3.63) is 21.3 Å². The van der Waals surface area contributed by atoms with Crippen molar-refractivity contribution in [1.29, 1.82) is 0 Å². The van der Waals surface area contributed by atoms with Gasteiger partial charge in [-0.05, 0) is 17.9 Å². The summed E-state index contributed by atoms with van der Waals surface area (Å²) in [4.78, 5) is 14.0. The fourth-order valence-electron chi connectivity index (χ4n) is 1.52. The third-order valence-electron chi connectivity index (χ3n) is 2.26. The summed E-state index contributed by atoms with van der Waals surface area (Å²) in [6.45, 7) is 1.04. The number of carbonyl (C=O) groups excluding carboxylic acids is 1. The van der Waals surface area contributed by atoms with E-state index >= 15 is 0 Å². The maximum absolute atomic E-state index is 11.8. The van der Waals surface area contributed by atoms with E-state index in [0.29, 0.717) is 29.4 Å². The molecule has 0 saturated carbocycles. The Morgan fingerprint density at radius 3 is 3.00 bits per heavy atom. The van der Waals surface area contributed by atoms with Gasteiger partial charge in [-0.3, -0.25) is 4.79 Å². The fourth-order valence-corrected chi connectivity index (χ4v) is 2.62. The molecule has 1 saturated heterocycles. The number of carbonyl (C=O) groups is 1. The van der Waals surface area contributed by atoms with Crippen molar-refractivity contribution in [2.45, 2.75) is 12.5 Å². The van der Waals surface area contributed by atoms with Gasteiger partial charge in [0, 0.05) is 13.1 Å². The maximum Gasteiger partial charge on any atom is 0.265 e. The molecule has 0 spiro atoms. The second-order valence-electron chi connectivity index (χ2n) is 3.29. The number of nitrogens with zero attached hydrogens (tertiary/aromatic N) is 1. The van der Waals surface area contributed by atoms with Gasteiger partial charge < -0.3 is 10.0 Å². The minimum atomic E-state index is -0.377. The van der Waals surface area contributed by atoms with Crippen LogP contribution < -0.4 is 0 Å². The molecule has 76 valence electrons. The van der Waals surface area contributed by atoms with E-state index in [1.54, 1.807) is 16.3 Å². The standard InChI is InChI=1S/C9H10ClNO2S/c10-7-2-4-14-8(7)9(13)11-3-1-6(12)5-11/h2,4,6,12H,1,3,5H2/t6-/m1/s1. The SMILES string of the molecule is O=C(c1sccc1Cl)N1CC[C@@H](O)C1. The van der Waals surface area contributed by atoms with Crippen molar-refractivity contribution in [3.63, 3.8) is 0 Å². The topological polar surface area (TPSA) is 40.5 Å². The van der Waals surface area contributed by atoms with Crippen LogP contribution in [0.3, 0.4) is 0 Å². The number of aliphatic hydroxyl groups excluding tert-OH is 1. The van der Waals surface area contributed by atoms with Crippen LogP contribution in [0, 0.1) is 0 Å². The molecular weight excluding hydrogens is 222 g/mol. The molecule has 1 amide bonds. The fraction of sp³-hybridized carbons (Fsp3) is 0.444. The molecule has 0 aromatic carbocycles. The smallest absolute Gasteiger partial charge is 0.265 e. The Balaban J connectivity index is 2.13. The van der Waals surface area contributed by atoms with Crippen LogP contribution in [-0.4, -0.2) is 35.1 Å². The lowest BCUT2D eigenvalue weighted by molar-refractivity contribution is 0.0770. The van der Waals surface area contributed by atoms with Gasteiger partial charge in [0.15, 0.2) is 0 Å². The summed E-state index contributed by atoms with van der Waals surface area (Å²) in [7, 11) is 0. The molecular formula is C9H10ClNO2S. The molecule has 1 fully saturated rings. The van der Waals surface area contributed by atoms with Crippen molar-refractivity contribution in [2.75, 3.05) is 13.1 Å². The molecule has 0 unspecified atom stereocenters. The quantitative estimate of drug-likeness (QED) is 0.798. The first-order valence-electron chi connectivity index (χ1n) is 4.39. The molecule has 0 radical (unpaired) electrons. The molecule has 1 aromatic rings. The Morgan fingerprint density at radius 1 is 1.71 bits per heavy atom. The zero-order valence-corrected chi connectivity index (χ0v) is 9.01. The Labute approximate surface area is 90.9 Å². The molecule has 0 bridgehead atoms. The van der Waals surface area contributed by atoms with E-state index in [1.165, 1.54) is 11.3 Å². The van der Waals surface area contributed by atoms with E-state index in [9.17, 15) is 9.90 Å². The lowest BCUT2D eigenvalue weighted by atomic mass is 10.3. The molecule has 2 heterocycles. The normalized spacial score (nSPS) is 21.6. The summed E-state index contributed by atoms with van der Waals surface area (Å²) in [5, 5.41) is 11.6. The minimum Gasteiger partial charge on any atom is -0.391 e. The highest BCUT2D eigenvalue weighted by Gasteiger charge is 2.27. The van der Waals surface area contributed by atoms with E-state index in [1.807, 2.05) is 0 Å². The molecule has 1 aliphatic rings. The van der Waals surface area contributed by atoms with E-state index in [-0.39, 0.29) is 12.0 Å². The highest BCUT2D eigenvalue weighted by molar-refractivity contribution is 7.12. The molecule has 5 heteroatoms. The second kappa shape index (κ2) is 3.88. The van der Waals surface area contributed by atoms with Crippen molar-refractivity contribution >= 4 is 28.8 Å². The van der Waals surface area contributed by atoms with Crippen LogP contribution in [0.15, 0.2) is 11.4 Å². The monoisotopic (exact) mass is 231 g/mol. The predicted octanol–water partition coefficient (Wildman–Crippen LogP) is 1.61. The largest absolute Gasteiger partial charge is 0.391 e. The Morgan fingerprint density at radius 2 is 2.50 bits per heavy atom. The molecule has 0 aliphatic carbocycles. The molecule has 14 heavy (non-hydrogen) atoms. The zero-order chi connectivity index (χ0) is 10.1. The van der Waals surface area contributed by atoms with Crippen LogP contribution >= 0.6 is 22.9 Å². The van der Waals surface area contributed by atoms with Gasteiger partial charge >= 0.3 is 0 Å².